The fourth-order valence-corrected chi connectivity index (χ4v) is 7.62. The molecule has 5 aromatic rings. The monoisotopic (exact) mass is 704 g/mol. The van der Waals surface area contributed by atoms with Crippen LogP contribution in [0.1, 0.15) is 49.2 Å². The summed E-state index contributed by atoms with van der Waals surface area (Å²) in [7, 11) is -1.18. The Morgan fingerprint density at radius 3 is 2.37 bits per heavy atom. The van der Waals surface area contributed by atoms with Crippen molar-refractivity contribution in [1.29, 1.82) is 0 Å². The molecule has 2 aromatic heterocycles. The minimum Gasteiger partial charge on any atom is -0.495 e. The lowest BCUT2D eigenvalue weighted by molar-refractivity contribution is 0.0482. The molecule has 0 aliphatic carbocycles. The van der Waals surface area contributed by atoms with Gasteiger partial charge in [-0.05, 0) is 69.7 Å². The fourth-order valence-electron chi connectivity index (χ4n) is 5.37. The van der Waals surface area contributed by atoms with E-state index in [2.05, 4.69) is 16.9 Å². The maximum Gasteiger partial charge on any atom is 0.408 e. The van der Waals surface area contributed by atoms with Crippen LogP contribution in [0.3, 0.4) is 0 Å². The van der Waals surface area contributed by atoms with Crippen molar-refractivity contribution in [3.05, 3.63) is 108 Å². The molecular formula is C36H40N4O7S2. The molecule has 1 amide bonds. The maximum absolute atomic E-state index is 14.3. The number of aryl methyl sites for hydroxylation is 1. The predicted octanol–water partition coefficient (Wildman–Crippen LogP) is 6.77. The molecule has 2 heterocycles. The van der Waals surface area contributed by atoms with Gasteiger partial charge >= 0.3 is 6.09 Å². The van der Waals surface area contributed by atoms with E-state index in [9.17, 15) is 18.3 Å². The lowest BCUT2D eigenvalue weighted by Crippen LogP contribution is -2.36. The van der Waals surface area contributed by atoms with Gasteiger partial charge in [0.2, 0.25) is 0 Å². The second-order valence-corrected chi connectivity index (χ2v) is 15.1. The minimum absolute atomic E-state index is 0.0502. The first-order chi connectivity index (χ1) is 23.3. The van der Waals surface area contributed by atoms with E-state index >= 15 is 0 Å². The fraction of sp³-hybridized carbons (Fsp3) is 0.278. The molecule has 11 nitrogen and oxygen atoms in total. The number of methoxy groups -OCH3 is 2. The molecule has 13 heteroatoms. The van der Waals surface area contributed by atoms with Gasteiger partial charge in [0.1, 0.15) is 23.6 Å². The third kappa shape index (κ3) is 7.54. The maximum atomic E-state index is 14.3. The van der Waals surface area contributed by atoms with Crippen LogP contribution in [0.4, 0.5) is 4.79 Å². The van der Waals surface area contributed by atoms with Gasteiger partial charge in [-0.1, -0.05) is 54.2 Å². The van der Waals surface area contributed by atoms with Gasteiger partial charge in [0.15, 0.2) is 5.16 Å². The number of fused-ring (bicyclic) bond motifs is 1. The highest BCUT2D eigenvalue weighted by atomic mass is 32.2. The zero-order valence-corrected chi connectivity index (χ0v) is 29.9. The molecule has 0 fully saturated rings. The first-order valence-corrected chi connectivity index (χ1v) is 17.7. The summed E-state index contributed by atoms with van der Waals surface area (Å²) in [6.07, 6.45) is 2.31. The first-order valence-electron chi connectivity index (χ1n) is 15.4. The van der Waals surface area contributed by atoms with Crippen molar-refractivity contribution in [3.63, 3.8) is 0 Å². The Morgan fingerprint density at radius 2 is 1.76 bits per heavy atom. The number of imidazole rings is 1. The highest BCUT2D eigenvalue weighted by Crippen LogP contribution is 2.42. The van der Waals surface area contributed by atoms with E-state index in [4.69, 9.17) is 14.2 Å². The van der Waals surface area contributed by atoms with Crippen LogP contribution < -0.4 is 10.1 Å². The van der Waals surface area contributed by atoms with Crippen LogP contribution in [0.25, 0.3) is 16.5 Å². The molecule has 1 unspecified atom stereocenters. The topological polar surface area (TPSA) is 134 Å². The Labute approximate surface area is 290 Å². The number of benzene rings is 3. The summed E-state index contributed by atoms with van der Waals surface area (Å²) in [5.74, 6) is 0.258. The number of ether oxygens (including phenoxy) is 3. The van der Waals surface area contributed by atoms with Crippen LogP contribution in [0.5, 0.6) is 5.75 Å². The highest BCUT2D eigenvalue weighted by molar-refractivity contribution is 7.99. The predicted molar refractivity (Wildman–Crippen MR) is 189 cm³/mol. The average Bonchev–Trinajstić information content (AvgIpc) is 3.65. The molecule has 0 saturated heterocycles. The molecule has 0 spiro atoms. The van der Waals surface area contributed by atoms with Crippen molar-refractivity contribution in [2.24, 2.45) is 0 Å². The van der Waals surface area contributed by atoms with Gasteiger partial charge in [-0.2, -0.15) is 0 Å². The van der Waals surface area contributed by atoms with Gasteiger partial charge < -0.3 is 24.6 Å². The largest absolute Gasteiger partial charge is 0.495 e. The summed E-state index contributed by atoms with van der Waals surface area (Å²) in [6.45, 7) is 11.1. The number of aromatic nitrogens is 3. The van der Waals surface area contributed by atoms with Crippen molar-refractivity contribution in [3.8, 4) is 5.75 Å². The van der Waals surface area contributed by atoms with Crippen LogP contribution >= 0.6 is 11.8 Å². The summed E-state index contributed by atoms with van der Waals surface area (Å²) in [6, 6.07) is 18.6. The van der Waals surface area contributed by atoms with Crippen LogP contribution in [0.15, 0.2) is 101 Å². The van der Waals surface area contributed by atoms with E-state index in [-0.39, 0.29) is 22.9 Å². The van der Waals surface area contributed by atoms with E-state index in [1.165, 1.54) is 37.2 Å². The van der Waals surface area contributed by atoms with Gasteiger partial charge in [0.05, 0.1) is 36.5 Å². The molecule has 0 bridgehead atoms. The molecule has 5 rings (SSSR count). The molecule has 49 heavy (non-hydrogen) atoms. The molecule has 1 atom stereocenters. The summed E-state index contributed by atoms with van der Waals surface area (Å²) < 4.78 is 48.4. The van der Waals surface area contributed by atoms with Gasteiger partial charge in [-0.25, -0.2) is 22.2 Å². The van der Waals surface area contributed by atoms with Crippen LogP contribution in [-0.4, -0.2) is 59.6 Å². The zero-order chi connectivity index (χ0) is 35.5. The Kier molecular flexibility index (Phi) is 10.6. The third-order valence-electron chi connectivity index (χ3n) is 7.62. The molecule has 0 aliphatic heterocycles. The first kappa shape index (κ1) is 35.7. The Hall–Kier alpha value is -4.56. The summed E-state index contributed by atoms with van der Waals surface area (Å²) in [5.41, 5.74) is 2.24. The molecule has 0 radical (unpaired) electrons. The lowest BCUT2D eigenvalue weighted by Gasteiger charge is -2.23. The summed E-state index contributed by atoms with van der Waals surface area (Å²) in [4.78, 5) is 18.7. The van der Waals surface area contributed by atoms with Crippen LogP contribution in [0.2, 0.25) is 0 Å². The van der Waals surface area contributed by atoms with E-state index < -0.39 is 34.4 Å². The smallest absolute Gasteiger partial charge is 0.408 e. The normalized spacial score (nSPS) is 12.6. The lowest BCUT2D eigenvalue weighted by atomic mass is 9.95. The van der Waals surface area contributed by atoms with Crippen molar-refractivity contribution < 1.29 is 32.5 Å². The number of rotatable bonds is 12. The molecule has 0 aliphatic rings. The molecule has 2 N–H and O–H groups in total. The van der Waals surface area contributed by atoms with Gasteiger partial charge in [-0.15, -0.1) is 0 Å². The SMILES string of the molecule is C=C(c1ccc(OC)c2c1c(C(CO)NC(=O)OC(C)(C)C)cn2S(=O)(=O)c1ccc(C)cc1)c1cnc(Sc2ccccc2)n1COC. The number of amides is 1. The van der Waals surface area contributed by atoms with Gasteiger partial charge in [0, 0.05) is 34.7 Å². The van der Waals surface area contributed by atoms with E-state index in [1.807, 2.05) is 41.8 Å². The van der Waals surface area contributed by atoms with Crippen molar-refractivity contribution >= 4 is 44.4 Å². The summed E-state index contributed by atoms with van der Waals surface area (Å²) in [5, 5.41) is 14.4. The Balaban J connectivity index is 1.75. The Morgan fingerprint density at radius 1 is 1.06 bits per heavy atom. The number of carbonyl (C=O) groups excluding carboxylic acids is 1. The van der Waals surface area contributed by atoms with Crippen molar-refractivity contribution in [2.45, 2.75) is 61.0 Å². The molecule has 258 valence electrons. The quantitative estimate of drug-likeness (QED) is 0.144. The molecular weight excluding hydrogens is 665 g/mol. The van der Waals surface area contributed by atoms with E-state index in [0.29, 0.717) is 32.9 Å². The van der Waals surface area contributed by atoms with Crippen LogP contribution in [-0.2, 0) is 26.2 Å². The average molecular weight is 705 g/mol. The van der Waals surface area contributed by atoms with Crippen LogP contribution in [0, 0.1) is 6.92 Å². The second kappa shape index (κ2) is 14.5. The van der Waals surface area contributed by atoms with Crippen molar-refractivity contribution in [2.75, 3.05) is 20.8 Å². The third-order valence-corrected chi connectivity index (χ3v) is 10.3. The minimum atomic E-state index is -4.21. The van der Waals surface area contributed by atoms with Gasteiger partial charge in [-0.3, -0.25) is 4.57 Å². The Bertz CT molecular complexity index is 2080. The summed E-state index contributed by atoms with van der Waals surface area (Å²) >= 11 is 1.46. The number of alkyl carbamates (subject to hydrolysis) is 1. The number of aliphatic hydroxyl groups is 1. The van der Waals surface area contributed by atoms with Crippen molar-refractivity contribution in [1.82, 2.24) is 18.8 Å². The van der Waals surface area contributed by atoms with E-state index in [0.717, 1.165) is 14.4 Å². The molecule has 3 aromatic carbocycles. The molecule has 0 saturated carbocycles. The van der Waals surface area contributed by atoms with E-state index in [1.54, 1.807) is 58.3 Å². The number of nitrogens with zero attached hydrogens (tertiary/aromatic N) is 3. The standard InChI is InChI=1S/C36H40N4O7S2/c1-23-13-15-26(16-14-23)49(43,44)40-20-28(29(21-41)38-35(42)47-36(3,4)5)32-27(17-18-31(46-7)33(32)40)24(2)30-19-37-34(39(30)22-45-6)48-25-11-9-8-10-12-25/h8-20,29,41H,2,21-22H2,1,3-7H3,(H,38,42). The second-order valence-electron chi connectivity index (χ2n) is 12.3. The highest BCUT2D eigenvalue weighted by Gasteiger charge is 2.31. The number of hydrogen-bond acceptors (Lipinski definition) is 9. The van der Waals surface area contributed by atoms with Gasteiger partial charge in [0.25, 0.3) is 10.0 Å². The number of nitrogens with one attached hydrogen (secondary N) is 1. The number of aliphatic hydroxyl groups excluding tert-OH is 1. The number of carbonyl (C=O) groups is 1. The zero-order valence-electron chi connectivity index (χ0n) is 28.3. The number of hydrogen-bond donors (Lipinski definition) is 2.